The van der Waals surface area contributed by atoms with E-state index in [1.54, 1.807) is 23.1 Å². The van der Waals surface area contributed by atoms with Crippen LogP contribution < -0.4 is 10.6 Å². The third kappa shape index (κ3) is 6.83. The molecule has 1 aromatic rings. The summed E-state index contributed by atoms with van der Waals surface area (Å²) in [6.07, 6.45) is 4.14. The average molecular weight is 483 g/mol. The lowest BCUT2D eigenvalue weighted by Gasteiger charge is -2.35. The van der Waals surface area contributed by atoms with Gasteiger partial charge < -0.3 is 15.5 Å². The number of likely N-dealkylation sites (tertiary alicyclic amines) is 2. The summed E-state index contributed by atoms with van der Waals surface area (Å²) in [5.74, 6) is -0.275. The fourth-order valence-electron chi connectivity index (χ4n) is 4.27. The smallest absolute Gasteiger partial charge is 0.253 e. The number of halogens is 2. The van der Waals surface area contributed by atoms with Crippen molar-refractivity contribution in [3.63, 3.8) is 0 Å². The van der Waals surface area contributed by atoms with Gasteiger partial charge >= 0.3 is 0 Å². The van der Waals surface area contributed by atoms with Gasteiger partial charge in [-0.05, 0) is 50.3 Å². The Kier molecular flexibility index (Phi) is 9.20. The van der Waals surface area contributed by atoms with Gasteiger partial charge in [0, 0.05) is 44.3 Å². The number of amides is 3. The van der Waals surface area contributed by atoms with Crippen LogP contribution in [0.2, 0.25) is 10.0 Å². The van der Waals surface area contributed by atoms with Crippen molar-refractivity contribution in [3.8, 4) is 0 Å². The first-order chi connectivity index (χ1) is 15.4. The zero-order valence-electron chi connectivity index (χ0n) is 18.5. The second-order valence-electron chi connectivity index (χ2n) is 8.63. The van der Waals surface area contributed by atoms with Crippen LogP contribution in [-0.4, -0.2) is 72.8 Å². The van der Waals surface area contributed by atoms with Crippen molar-refractivity contribution in [2.75, 3.05) is 39.3 Å². The van der Waals surface area contributed by atoms with Gasteiger partial charge in [-0.15, -0.1) is 0 Å². The van der Waals surface area contributed by atoms with E-state index in [2.05, 4.69) is 15.5 Å². The normalized spacial score (nSPS) is 20.1. The number of nitrogens with zero attached hydrogens (tertiary/aromatic N) is 2. The van der Waals surface area contributed by atoms with Crippen LogP contribution in [0.4, 0.5) is 0 Å². The summed E-state index contributed by atoms with van der Waals surface area (Å²) in [4.78, 5) is 41.5. The first kappa shape index (κ1) is 24.8. The van der Waals surface area contributed by atoms with Gasteiger partial charge in [0.1, 0.15) is 0 Å². The molecule has 0 saturated carbocycles. The van der Waals surface area contributed by atoms with Crippen LogP contribution in [0.1, 0.15) is 49.4 Å². The summed E-state index contributed by atoms with van der Waals surface area (Å²) in [7, 11) is 0. The Morgan fingerprint density at radius 1 is 1.06 bits per heavy atom. The molecular formula is C23H32Cl2N4O3. The van der Waals surface area contributed by atoms with Crippen molar-refractivity contribution in [2.45, 2.75) is 45.1 Å². The van der Waals surface area contributed by atoms with Crippen LogP contribution in [0.25, 0.3) is 0 Å². The van der Waals surface area contributed by atoms with E-state index in [9.17, 15) is 14.4 Å². The highest BCUT2D eigenvalue weighted by atomic mass is 35.5. The summed E-state index contributed by atoms with van der Waals surface area (Å²) in [6.45, 7) is 5.76. The fourth-order valence-corrected chi connectivity index (χ4v) is 4.56. The zero-order chi connectivity index (χ0) is 23.1. The zero-order valence-corrected chi connectivity index (χ0v) is 20.1. The number of hydrogen-bond acceptors (Lipinski definition) is 4. The number of rotatable bonds is 7. The Hall–Kier alpha value is -1.83. The largest absolute Gasteiger partial charge is 0.355 e. The van der Waals surface area contributed by atoms with Gasteiger partial charge in [-0.2, -0.15) is 0 Å². The predicted molar refractivity (Wildman–Crippen MR) is 126 cm³/mol. The van der Waals surface area contributed by atoms with Crippen molar-refractivity contribution >= 4 is 40.9 Å². The number of carbonyl (C=O) groups excluding carboxylic acids is 3. The molecule has 1 atom stereocenters. The van der Waals surface area contributed by atoms with E-state index in [0.717, 1.165) is 45.2 Å². The number of hydrogen-bond donors (Lipinski definition) is 2. The first-order valence-corrected chi connectivity index (χ1v) is 12.2. The summed E-state index contributed by atoms with van der Waals surface area (Å²) in [5, 5.41) is 6.82. The van der Waals surface area contributed by atoms with Crippen molar-refractivity contribution in [1.82, 2.24) is 20.4 Å². The maximum Gasteiger partial charge on any atom is 0.253 e. The van der Waals surface area contributed by atoms with Gasteiger partial charge in [-0.25, -0.2) is 0 Å². The van der Waals surface area contributed by atoms with Crippen molar-refractivity contribution in [2.24, 2.45) is 5.92 Å². The molecule has 2 aliphatic rings. The lowest BCUT2D eigenvalue weighted by atomic mass is 9.95. The maximum absolute atomic E-state index is 12.9. The van der Waals surface area contributed by atoms with E-state index < -0.39 is 0 Å². The summed E-state index contributed by atoms with van der Waals surface area (Å²) in [5.41, 5.74) is 0.482. The molecule has 9 heteroatoms. The number of carbonyl (C=O) groups is 3. The highest BCUT2D eigenvalue weighted by molar-refractivity contribution is 6.42. The molecule has 0 aliphatic carbocycles. The second kappa shape index (κ2) is 11.9. The standard InChI is InChI=1S/C23H32Cl2N4O3/c1-2-9-26-21(30)15-28-11-7-18(8-12-28)27-22(31)17-4-3-10-29(14-17)23(32)16-5-6-19(24)20(25)13-16/h5-6,13,17-18H,2-4,7-12,14-15H2,1H3,(H,26,30)(H,27,31). The maximum atomic E-state index is 12.9. The first-order valence-electron chi connectivity index (χ1n) is 11.4. The van der Waals surface area contributed by atoms with Crippen LogP contribution in [0, 0.1) is 5.92 Å². The molecule has 0 bridgehead atoms. The Balaban J connectivity index is 1.46. The third-order valence-electron chi connectivity index (χ3n) is 6.12. The van der Waals surface area contributed by atoms with Gasteiger partial charge in [-0.1, -0.05) is 30.1 Å². The van der Waals surface area contributed by atoms with E-state index in [0.29, 0.717) is 41.8 Å². The van der Waals surface area contributed by atoms with Gasteiger partial charge in [0.15, 0.2) is 0 Å². The van der Waals surface area contributed by atoms with E-state index in [-0.39, 0.29) is 29.7 Å². The van der Waals surface area contributed by atoms with Gasteiger partial charge in [-0.3, -0.25) is 19.3 Å². The molecule has 0 spiro atoms. The highest BCUT2D eigenvalue weighted by Crippen LogP contribution is 2.25. The van der Waals surface area contributed by atoms with Crippen LogP contribution >= 0.6 is 23.2 Å². The monoisotopic (exact) mass is 482 g/mol. The van der Waals surface area contributed by atoms with Crippen LogP contribution in [-0.2, 0) is 9.59 Å². The summed E-state index contributed by atoms with van der Waals surface area (Å²) in [6, 6.07) is 4.96. The van der Waals surface area contributed by atoms with Crippen LogP contribution in [0.15, 0.2) is 18.2 Å². The number of benzene rings is 1. The molecule has 3 amide bonds. The molecule has 3 rings (SSSR count). The molecular weight excluding hydrogens is 451 g/mol. The van der Waals surface area contributed by atoms with Crippen LogP contribution in [0.5, 0.6) is 0 Å². The quantitative estimate of drug-likeness (QED) is 0.625. The minimum atomic E-state index is -0.215. The topological polar surface area (TPSA) is 81.8 Å². The molecule has 2 saturated heterocycles. The minimum absolute atomic E-state index is 0.00998. The van der Waals surface area contributed by atoms with E-state index in [4.69, 9.17) is 23.2 Å². The van der Waals surface area contributed by atoms with Gasteiger partial charge in [0.2, 0.25) is 11.8 Å². The Morgan fingerprint density at radius 3 is 2.50 bits per heavy atom. The molecule has 2 fully saturated rings. The van der Waals surface area contributed by atoms with Crippen molar-refractivity contribution < 1.29 is 14.4 Å². The van der Waals surface area contributed by atoms with E-state index in [1.165, 1.54) is 0 Å². The van der Waals surface area contributed by atoms with E-state index >= 15 is 0 Å². The van der Waals surface area contributed by atoms with Crippen LogP contribution in [0.3, 0.4) is 0 Å². The van der Waals surface area contributed by atoms with E-state index in [1.807, 2.05) is 6.92 Å². The molecule has 2 aliphatic heterocycles. The van der Waals surface area contributed by atoms with Crippen molar-refractivity contribution in [1.29, 1.82) is 0 Å². The highest BCUT2D eigenvalue weighted by Gasteiger charge is 2.31. The lowest BCUT2D eigenvalue weighted by molar-refractivity contribution is -0.128. The fraction of sp³-hybridized carbons (Fsp3) is 0.609. The average Bonchev–Trinajstić information content (AvgIpc) is 2.80. The predicted octanol–water partition coefficient (Wildman–Crippen LogP) is 2.95. The number of nitrogens with one attached hydrogen (secondary N) is 2. The molecule has 32 heavy (non-hydrogen) atoms. The molecule has 2 heterocycles. The molecule has 176 valence electrons. The molecule has 7 nitrogen and oxygen atoms in total. The Bertz CT molecular complexity index is 827. The Labute approximate surface area is 199 Å². The third-order valence-corrected chi connectivity index (χ3v) is 6.86. The molecule has 0 aromatic heterocycles. The molecule has 2 N–H and O–H groups in total. The minimum Gasteiger partial charge on any atom is -0.355 e. The summed E-state index contributed by atoms with van der Waals surface area (Å²) < 4.78 is 0. The lowest BCUT2D eigenvalue weighted by Crippen LogP contribution is -2.51. The van der Waals surface area contributed by atoms with Crippen molar-refractivity contribution in [3.05, 3.63) is 33.8 Å². The number of piperidine rings is 2. The summed E-state index contributed by atoms with van der Waals surface area (Å²) >= 11 is 12.0. The van der Waals surface area contributed by atoms with Gasteiger partial charge in [0.05, 0.1) is 22.5 Å². The molecule has 1 unspecified atom stereocenters. The molecule has 0 radical (unpaired) electrons. The second-order valence-corrected chi connectivity index (χ2v) is 9.44. The SMILES string of the molecule is CCCNC(=O)CN1CCC(NC(=O)C2CCCN(C(=O)c3ccc(Cl)c(Cl)c3)C2)CC1. The molecule has 1 aromatic carbocycles. The Morgan fingerprint density at radius 2 is 1.81 bits per heavy atom. The van der Waals surface area contributed by atoms with Gasteiger partial charge in [0.25, 0.3) is 5.91 Å².